The molecule has 2 unspecified atom stereocenters. The summed E-state index contributed by atoms with van der Waals surface area (Å²) in [7, 11) is 0. The molecule has 3 rings (SSSR count). The Hall–Kier alpha value is -2.62. The van der Waals surface area contributed by atoms with Gasteiger partial charge < -0.3 is 10.2 Å². The van der Waals surface area contributed by atoms with E-state index in [9.17, 15) is 9.59 Å². The lowest BCUT2D eigenvalue weighted by atomic mass is 9.97. The van der Waals surface area contributed by atoms with Crippen LogP contribution in [0.2, 0.25) is 0 Å². The summed E-state index contributed by atoms with van der Waals surface area (Å²) in [5.41, 5.74) is 1.87. The quantitative estimate of drug-likeness (QED) is 0.920. The van der Waals surface area contributed by atoms with E-state index in [1.54, 1.807) is 4.90 Å². The van der Waals surface area contributed by atoms with Gasteiger partial charge >= 0.3 is 0 Å². The van der Waals surface area contributed by atoms with Crippen molar-refractivity contribution in [1.82, 2.24) is 10.2 Å². The summed E-state index contributed by atoms with van der Waals surface area (Å²) < 4.78 is 0. The maximum atomic E-state index is 13.0. The molecule has 2 amide bonds. The van der Waals surface area contributed by atoms with Crippen LogP contribution < -0.4 is 5.32 Å². The first-order valence-electron chi connectivity index (χ1n) is 8.40. The molecule has 0 radical (unpaired) electrons. The van der Waals surface area contributed by atoms with Crippen LogP contribution in [0, 0.1) is 0 Å². The van der Waals surface area contributed by atoms with Gasteiger partial charge in [-0.3, -0.25) is 9.59 Å². The Morgan fingerprint density at radius 3 is 2.21 bits per heavy atom. The van der Waals surface area contributed by atoms with Gasteiger partial charge in [-0.2, -0.15) is 0 Å². The van der Waals surface area contributed by atoms with Gasteiger partial charge in [-0.1, -0.05) is 74.0 Å². The van der Waals surface area contributed by atoms with E-state index >= 15 is 0 Å². The maximum Gasteiger partial charge on any atom is 0.248 e. The highest BCUT2D eigenvalue weighted by molar-refractivity contribution is 5.97. The number of nitrogens with one attached hydrogen (secondary N) is 1. The average Bonchev–Trinajstić information content (AvgIpc) is 2.61. The van der Waals surface area contributed by atoms with E-state index in [1.165, 1.54) is 0 Å². The highest BCUT2D eigenvalue weighted by Crippen LogP contribution is 2.28. The minimum Gasteiger partial charge on any atom is -0.342 e. The standard InChI is InChI=1S/C20H22N2O2/c1-2-9-17-20(24)22(14-15-10-5-3-6-11-15)18(19(23)21-17)16-12-7-4-8-13-16/h3-8,10-13,17-18H,2,9,14H2,1H3,(H,21,23). The summed E-state index contributed by atoms with van der Waals surface area (Å²) in [5, 5.41) is 2.90. The van der Waals surface area contributed by atoms with Crippen molar-refractivity contribution in [3.8, 4) is 0 Å². The topological polar surface area (TPSA) is 49.4 Å². The molecule has 0 spiro atoms. The third kappa shape index (κ3) is 3.32. The lowest BCUT2D eigenvalue weighted by Gasteiger charge is -2.39. The van der Waals surface area contributed by atoms with Crippen molar-refractivity contribution < 1.29 is 9.59 Å². The highest BCUT2D eigenvalue weighted by Gasteiger charge is 2.40. The first-order chi connectivity index (χ1) is 11.7. The number of rotatable bonds is 5. The van der Waals surface area contributed by atoms with E-state index in [0.717, 1.165) is 17.5 Å². The van der Waals surface area contributed by atoms with Crippen LogP contribution in [0.3, 0.4) is 0 Å². The molecule has 1 fully saturated rings. The summed E-state index contributed by atoms with van der Waals surface area (Å²) in [4.78, 5) is 27.4. The number of amides is 2. The van der Waals surface area contributed by atoms with Gasteiger partial charge in [0.25, 0.3) is 0 Å². The van der Waals surface area contributed by atoms with Gasteiger partial charge in [-0.15, -0.1) is 0 Å². The number of piperazine rings is 1. The molecule has 1 heterocycles. The van der Waals surface area contributed by atoms with E-state index in [1.807, 2.05) is 67.6 Å². The van der Waals surface area contributed by atoms with Crippen LogP contribution >= 0.6 is 0 Å². The van der Waals surface area contributed by atoms with Crippen molar-refractivity contribution in [3.05, 3.63) is 71.8 Å². The fourth-order valence-electron chi connectivity index (χ4n) is 3.18. The average molecular weight is 322 g/mol. The molecule has 4 nitrogen and oxygen atoms in total. The van der Waals surface area contributed by atoms with Gasteiger partial charge in [-0.25, -0.2) is 0 Å². The molecule has 0 aromatic heterocycles. The van der Waals surface area contributed by atoms with Crippen LogP contribution in [0.4, 0.5) is 0 Å². The predicted molar refractivity (Wildman–Crippen MR) is 93.0 cm³/mol. The number of hydrogen-bond acceptors (Lipinski definition) is 2. The maximum absolute atomic E-state index is 13.0. The molecular weight excluding hydrogens is 300 g/mol. The smallest absolute Gasteiger partial charge is 0.248 e. The Kier molecular flexibility index (Phi) is 4.94. The van der Waals surface area contributed by atoms with Crippen LogP contribution in [0.25, 0.3) is 0 Å². The molecule has 124 valence electrons. The Balaban J connectivity index is 1.95. The van der Waals surface area contributed by atoms with Gasteiger partial charge in [0.1, 0.15) is 12.1 Å². The SMILES string of the molecule is CCCC1NC(=O)C(c2ccccc2)N(Cc2ccccc2)C1=O. The van der Waals surface area contributed by atoms with Gasteiger partial charge in [0.2, 0.25) is 11.8 Å². The van der Waals surface area contributed by atoms with Crippen molar-refractivity contribution in [2.75, 3.05) is 0 Å². The zero-order valence-corrected chi connectivity index (χ0v) is 13.8. The molecule has 0 saturated carbocycles. The third-order valence-corrected chi connectivity index (χ3v) is 4.35. The zero-order chi connectivity index (χ0) is 16.9. The second kappa shape index (κ2) is 7.30. The van der Waals surface area contributed by atoms with Gasteiger partial charge in [0, 0.05) is 6.54 Å². The number of hydrogen-bond donors (Lipinski definition) is 1. The normalized spacial score (nSPS) is 20.8. The highest BCUT2D eigenvalue weighted by atomic mass is 16.2. The minimum absolute atomic E-state index is 0.00541. The summed E-state index contributed by atoms with van der Waals surface area (Å²) in [5.74, 6) is -0.107. The molecule has 2 aromatic carbocycles. The third-order valence-electron chi connectivity index (χ3n) is 4.35. The van der Waals surface area contributed by atoms with Crippen LogP contribution in [0.15, 0.2) is 60.7 Å². The van der Waals surface area contributed by atoms with Gasteiger partial charge in [0.15, 0.2) is 0 Å². The summed E-state index contributed by atoms with van der Waals surface area (Å²) >= 11 is 0. The number of nitrogens with zero attached hydrogens (tertiary/aromatic N) is 1. The predicted octanol–water partition coefficient (Wildman–Crippen LogP) is 3.06. The summed E-state index contributed by atoms with van der Waals surface area (Å²) in [6.45, 7) is 2.46. The van der Waals surface area contributed by atoms with E-state index < -0.39 is 12.1 Å². The first kappa shape index (κ1) is 16.2. The Labute approximate surface area is 142 Å². The van der Waals surface area contributed by atoms with Crippen LogP contribution in [-0.4, -0.2) is 22.8 Å². The molecule has 2 aromatic rings. The van der Waals surface area contributed by atoms with E-state index in [-0.39, 0.29) is 11.8 Å². The van der Waals surface area contributed by atoms with Gasteiger partial charge in [0.05, 0.1) is 0 Å². The molecular formula is C20H22N2O2. The number of carbonyl (C=O) groups is 2. The summed E-state index contributed by atoms with van der Waals surface area (Å²) in [6, 6.07) is 18.3. The van der Waals surface area contributed by atoms with Crippen molar-refractivity contribution in [3.63, 3.8) is 0 Å². The molecule has 2 atom stereocenters. The lowest BCUT2D eigenvalue weighted by Crippen LogP contribution is -2.58. The second-order valence-electron chi connectivity index (χ2n) is 6.11. The van der Waals surface area contributed by atoms with Crippen LogP contribution in [0.5, 0.6) is 0 Å². The fraction of sp³-hybridized carbons (Fsp3) is 0.300. The Morgan fingerprint density at radius 2 is 1.58 bits per heavy atom. The molecule has 1 saturated heterocycles. The van der Waals surface area contributed by atoms with Crippen LogP contribution in [0.1, 0.15) is 36.9 Å². The number of benzene rings is 2. The van der Waals surface area contributed by atoms with Crippen molar-refractivity contribution in [2.45, 2.75) is 38.4 Å². The van der Waals surface area contributed by atoms with Crippen molar-refractivity contribution >= 4 is 11.8 Å². The van der Waals surface area contributed by atoms with Gasteiger partial charge in [-0.05, 0) is 17.5 Å². The van der Waals surface area contributed by atoms with E-state index in [0.29, 0.717) is 13.0 Å². The van der Waals surface area contributed by atoms with E-state index in [4.69, 9.17) is 0 Å². The summed E-state index contributed by atoms with van der Waals surface area (Å²) in [6.07, 6.45) is 1.52. The molecule has 4 heteroatoms. The second-order valence-corrected chi connectivity index (χ2v) is 6.11. The lowest BCUT2D eigenvalue weighted by molar-refractivity contribution is -0.150. The molecule has 1 N–H and O–H groups in total. The number of carbonyl (C=O) groups excluding carboxylic acids is 2. The first-order valence-corrected chi connectivity index (χ1v) is 8.40. The zero-order valence-electron chi connectivity index (χ0n) is 13.8. The van der Waals surface area contributed by atoms with E-state index in [2.05, 4.69) is 5.32 Å². The molecule has 24 heavy (non-hydrogen) atoms. The van der Waals surface area contributed by atoms with Crippen molar-refractivity contribution in [1.29, 1.82) is 0 Å². The Morgan fingerprint density at radius 1 is 0.958 bits per heavy atom. The molecule has 0 aliphatic carbocycles. The molecule has 1 aliphatic rings. The minimum atomic E-state index is -0.577. The largest absolute Gasteiger partial charge is 0.342 e. The van der Waals surface area contributed by atoms with Crippen molar-refractivity contribution in [2.24, 2.45) is 0 Å². The molecule has 1 aliphatic heterocycles. The fourth-order valence-corrected chi connectivity index (χ4v) is 3.18. The monoisotopic (exact) mass is 322 g/mol. The molecule has 0 bridgehead atoms. The van der Waals surface area contributed by atoms with Crippen LogP contribution in [-0.2, 0) is 16.1 Å². The Bertz CT molecular complexity index is 700.